The number of aryl methyl sites for hydroxylation is 1. The van der Waals surface area contributed by atoms with Gasteiger partial charge in [-0.25, -0.2) is 13.4 Å². The molecule has 1 aliphatic rings. The van der Waals surface area contributed by atoms with E-state index in [9.17, 15) is 13.2 Å². The summed E-state index contributed by atoms with van der Waals surface area (Å²) >= 11 is 0. The summed E-state index contributed by atoms with van der Waals surface area (Å²) in [5.74, 6) is -0.155. The van der Waals surface area contributed by atoms with Crippen LogP contribution in [0.1, 0.15) is 79.2 Å². The maximum absolute atomic E-state index is 13.5. The molecule has 2 aromatic carbocycles. The number of hydrogen-bond acceptors (Lipinski definition) is 4. The Hall–Kier alpha value is -2.93. The van der Waals surface area contributed by atoms with Crippen molar-refractivity contribution >= 4 is 15.7 Å². The second-order valence-corrected chi connectivity index (χ2v) is 11.7. The Kier molecular flexibility index (Phi) is 7.75. The Labute approximate surface area is 208 Å². The van der Waals surface area contributed by atoms with E-state index < -0.39 is 9.84 Å². The third-order valence-corrected chi connectivity index (χ3v) is 8.34. The molecule has 0 saturated heterocycles. The molecule has 0 aliphatic heterocycles. The fourth-order valence-corrected chi connectivity index (χ4v) is 6.38. The first-order chi connectivity index (χ1) is 16.8. The number of nitrogens with zero attached hydrogens (tertiary/aromatic N) is 3. The number of carbonyl (C=O) groups is 1. The van der Waals surface area contributed by atoms with Crippen LogP contribution in [0.5, 0.6) is 0 Å². The largest absolute Gasteiger partial charge is 0.330 e. The summed E-state index contributed by atoms with van der Waals surface area (Å²) < 4.78 is 29.0. The van der Waals surface area contributed by atoms with E-state index >= 15 is 0 Å². The predicted octanol–water partition coefficient (Wildman–Crippen LogP) is 5.72. The minimum Gasteiger partial charge on any atom is -0.330 e. The first-order valence-corrected chi connectivity index (χ1v) is 14.1. The normalized spacial score (nSPS) is 14.9. The molecule has 1 aromatic heterocycles. The summed E-state index contributed by atoms with van der Waals surface area (Å²) in [7, 11) is -3.66. The van der Waals surface area contributed by atoms with Crippen LogP contribution in [0.15, 0.2) is 66.0 Å². The molecule has 35 heavy (non-hydrogen) atoms. The predicted molar refractivity (Wildman–Crippen MR) is 138 cm³/mol. The van der Waals surface area contributed by atoms with E-state index in [-0.39, 0.29) is 28.9 Å². The monoisotopic (exact) mass is 493 g/mol. The second-order valence-electron chi connectivity index (χ2n) is 9.83. The fourth-order valence-electron chi connectivity index (χ4n) is 4.84. The molecular formula is C28H35N3O3S. The van der Waals surface area contributed by atoms with Gasteiger partial charge in [-0.2, -0.15) is 0 Å². The minimum absolute atomic E-state index is 0.0529. The Morgan fingerprint density at radius 3 is 2.31 bits per heavy atom. The molecule has 1 amide bonds. The minimum atomic E-state index is -3.66. The van der Waals surface area contributed by atoms with Gasteiger partial charge in [-0.3, -0.25) is 4.79 Å². The quantitative estimate of drug-likeness (QED) is 0.402. The molecule has 0 N–H and O–H groups in total. The number of aromatic nitrogens is 2. The summed E-state index contributed by atoms with van der Waals surface area (Å²) in [6.45, 7) is 6.28. The van der Waals surface area contributed by atoms with Gasteiger partial charge in [0.15, 0.2) is 0 Å². The van der Waals surface area contributed by atoms with Crippen LogP contribution in [0.2, 0.25) is 0 Å². The number of hydrogen-bond donors (Lipinski definition) is 0. The first-order valence-electron chi connectivity index (χ1n) is 12.5. The van der Waals surface area contributed by atoms with Gasteiger partial charge in [-0.05, 0) is 51.3 Å². The van der Waals surface area contributed by atoms with E-state index in [0.717, 1.165) is 48.9 Å². The highest BCUT2D eigenvalue weighted by Crippen LogP contribution is 2.33. The van der Waals surface area contributed by atoms with Gasteiger partial charge >= 0.3 is 0 Å². The van der Waals surface area contributed by atoms with Crippen molar-refractivity contribution in [3.05, 3.63) is 83.2 Å². The maximum atomic E-state index is 13.5. The van der Waals surface area contributed by atoms with Gasteiger partial charge in [0.2, 0.25) is 15.0 Å². The standard InChI is InChI=1S/C28H35N3O3S/c1-21(2)30(27(32)24-16-14-22(3)15-17-24)19-26-18-29-28(31(26)25-12-8-5-9-13-25)35(33,34)20-23-10-6-4-7-11-23/h4,6-7,10-11,14-18,21,25H,5,8-9,12-13,19-20H2,1-3H3. The van der Waals surface area contributed by atoms with E-state index in [2.05, 4.69) is 4.98 Å². The van der Waals surface area contributed by atoms with Crippen molar-refractivity contribution in [3.8, 4) is 0 Å². The Morgan fingerprint density at radius 2 is 1.69 bits per heavy atom. The lowest BCUT2D eigenvalue weighted by Gasteiger charge is -2.30. The SMILES string of the molecule is Cc1ccc(C(=O)N(Cc2cnc(S(=O)(=O)Cc3ccccc3)n2C2CCCCC2)C(C)C)cc1. The maximum Gasteiger partial charge on any atom is 0.254 e. The zero-order valence-electron chi connectivity index (χ0n) is 20.9. The van der Waals surface area contributed by atoms with Gasteiger partial charge in [-0.15, -0.1) is 0 Å². The van der Waals surface area contributed by atoms with E-state index in [0.29, 0.717) is 12.1 Å². The molecule has 1 saturated carbocycles. The van der Waals surface area contributed by atoms with Crippen LogP contribution in [0, 0.1) is 6.92 Å². The van der Waals surface area contributed by atoms with Crippen molar-refractivity contribution in [2.45, 2.75) is 82.4 Å². The molecule has 1 heterocycles. The molecule has 0 radical (unpaired) electrons. The Morgan fingerprint density at radius 1 is 1.03 bits per heavy atom. The molecule has 7 heteroatoms. The number of amides is 1. The number of rotatable bonds is 8. The van der Waals surface area contributed by atoms with E-state index in [1.165, 1.54) is 0 Å². The van der Waals surface area contributed by atoms with Crippen molar-refractivity contribution in [1.82, 2.24) is 14.5 Å². The van der Waals surface area contributed by atoms with Crippen LogP contribution < -0.4 is 0 Å². The van der Waals surface area contributed by atoms with Crippen LogP contribution in [0.3, 0.4) is 0 Å². The molecule has 0 spiro atoms. The second kappa shape index (κ2) is 10.8. The molecule has 6 nitrogen and oxygen atoms in total. The summed E-state index contributed by atoms with van der Waals surface area (Å²) in [5.41, 5.74) is 3.24. The van der Waals surface area contributed by atoms with Crippen molar-refractivity contribution in [2.75, 3.05) is 0 Å². The third kappa shape index (κ3) is 5.84. The zero-order chi connectivity index (χ0) is 25.0. The molecule has 186 valence electrons. The van der Waals surface area contributed by atoms with E-state index in [4.69, 9.17) is 0 Å². The Balaban J connectivity index is 1.70. The van der Waals surface area contributed by atoms with Crippen LogP contribution >= 0.6 is 0 Å². The average Bonchev–Trinajstić information content (AvgIpc) is 3.28. The van der Waals surface area contributed by atoms with E-state index in [1.807, 2.05) is 79.9 Å². The Bertz CT molecular complexity index is 1240. The van der Waals surface area contributed by atoms with Gasteiger partial charge in [0.05, 0.1) is 24.2 Å². The summed E-state index contributed by atoms with van der Waals surface area (Å²) in [4.78, 5) is 19.7. The van der Waals surface area contributed by atoms with Gasteiger partial charge in [0, 0.05) is 17.6 Å². The highest BCUT2D eigenvalue weighted by Gasteiger charge is 2.30. The van der Waals surface area contributed by atoms with Crippen LogP contribution in [0.25, 0.3) is 0 Å². The van der Waals surface area contributed by atoms with Crippen molar-refractivity contribution < 1.29 is 13.2 Å². The molecule has 0 unspecified atom stereocenters. The molecular weight excluding hydrogens is 458 g/mol. The lowest BCUT2D eigenvalue weighted by Crippen LogP contribution is -2.37. The first kappa shape index (κ1) is 25.2. The molecule has 4 rings (SSSR count). The number of benzene rings is 2. The number of carbonyl (C=O) groups excluding carboxylic acids is 1. The summed E-state index contributed by atoms with van der Waals surface area (Å²) in [5, 5.41) is 0.120. The fraction of sp³-hybridized carbons (Fsp3) is 0.429. The lowest BCUT2D eigenvalue weighted by atomic mass is 9.95. The summed E-state index contributed by atoms with van der Waals surface area (Å²) in [6.07, 6.45) is 6.80. The van der Waals surface area contributed by atoms with Crippen molar-refractivity contribution in [1.29, 1.82) is 0 Å². The highest BCUT2D eigenvalue weighted by molar-refractivity contribution is 7.90. The van der Waals surface area contributed by atoms with E-state index in [1.54, 1.807) is 11.1 Å². The van der Waals surface area contributed by atoms with Gasteiger partial charge in [-0.1, -0.05) is 67.3 Å². The smallest absolute Gasteiger partial charge is 0.254 e. The number of sulfone groups is 1. The van der Waals surface area contributed by atoms with Crippen LogP contribution in [-0.2, 0) is 22.1 Å². The zero-order valence-corrected chi connectivity index (χ0v) is 21.7. The van der Waals surface area contributed by atoms with Crippen LogP contribution in [-0.4, -0.2) is 34.8 Å². The lowest BCUT2D eigenvalue weighted by molar-refractivity contribution is 0.0683. The van der Waals surface area contributed by atoms with Crippen molar-refractivity contribution in [3.63, 3.8) is 0 Å². The highest BCUT2D eigenvalue weighted by atomic mass is 32.2. The molecule has 0 atom stereocenters. The van der Waals surface area contributed by atoms with Gasteiger partial charge in [0.25, 0.3) is 5.91 Å². The number of imidazole rings is 1. The molecule has 0 bridgehead atoms. The molecule has 3 aromatic rings. The van der Waals surface area contributed by atoms with Gasteiger partial charge in [0.1, 0.15) is 0 Å². The molecule has 1 aliphatic carbocycles. The third-order valence-electron chi connectivity index (χ3n) is 6.77. The van der Waals surface area contributed by atoms with Crippen LogP contribution in [0.4, 0.5) is 0 Å². The van der Waals surface area contributed by atoms with Gasteiger partial charge < -0.3 is 9.47 Å². The topological polar surface area (TPSA) is 72.3 Å². The summed E-state index contributed by atoms with van der Waals surface area (Å²) in [6, 6.07) is 16.8. The molecule has 1 fully saturated rings. The van der Waals surface area contributed by atoms with Crippen molar-refractivity contribution in [2.24, 2.45) is 0 Å². The average molecular weight is 494 g/mol.